The minimum atomic E-state index is -1.21. The second kappa shape index (κ2) is 14.1. The monoisotopic (exact) mass is 371 g/mol. The molecule has 0 aromatic carbocycles. The molecule has 0 bridgehead atoms. The van der Waals surface area contributed by atoms with Crippen molar-refractivity contribution < 1.29 is 45.0 Å². The molecule has 10 nitrogen and oxygen atoms in total. The van der Waals surface area contributed by atoms with Crippen LogP contribution in [0.25, 0.3) is 0 Å². The summed E-state index contributed by atoms with van der Waals surface area (Å²) in [4.78, 5) is 31.1. The Labute approximate surface area is 140 Å². The summed E-state index contributed by atoms with van der Waals surface area (Å²) in [5.74, 6) is -2.80. The van der Waals surface area contributed by atoms with Crippen LogP contribution in [0.3, 0.4) is 0 Å². The summed E-state index contributed by atoms with van der Waals surface area (Å²) < 4.78 is 0. The van der Waals surface area contributed by atoms with E-state index >= 15 is 0 Å². The van der Waals surface area contributed by atoms with Crippen molar-refractivity contribution >= 4 is 25.8 Å². The molecule has 0 unspecified atom stereocenters. The Kier molecular flexibility index (Phi) is 14.6. The quantitative estimate of drug-likeness (QED) is 0.199. The zero-order chi connectivity index (χ0) is 19.2. The van der Waals surface area contributed by atoms with Crippen LogP contribution in [0.1, 0.15) is 19.3 Å². The first-order chi connectivity index (χ1) is 11.1. The standard InChI is InChI=1S/C9H15O6P.C4H11NO3/c10-7(11)1-4-16(5-2-8(12)13)6-3-9(14)15;5-4(1-6,2-7)3-8/h1-6H2,(H,10,11)(H,12,13)(H,14,15);6-8H,1-3,5H2. The molecule has 0 amide bonds. The molecule has 0 aliphatic heterocycles. The lowest BCUT2D eigenvalue weighted by Gasteiger charge is -2.20. The van der Waals surface area contributed by atoms with Crippen LogP contribution in [-0.4, -0.2) is 92.4 Å². The number of carboxylic acids is 3. The molecule has 0 fully saturated rings. The summed E-state index contributed by atoms with van der Waals surface area (Å²) in [6, 6.07) is 0. The van der Waals surface area contributed by atoms with Gasteiger partial charge in [0, 0.05) is 19.3 Å². The van der Waals surface area contributed by atoms with Crippen LogP contribution in [0.2, 0.25) is 0 Å². The maximum Gasteiger partial charge on any atom is 0.303 e. The van der Waals surface area contributed by atoms with Gasteiger partial charge in [0.05, 0.1) is 25.4 Å². The van der Waals surface area contributed by atoms with Gasteiger partial charge in [-0.05, 0) is 18.5 Å². The maximum absolute atomic E-state index is 10.4. The lowest BCUT2D eigenvalue weighted by Crippen LogP contribution is -2.50. The Hall–Kier alpha value is -1.32. The highest BCUT2D eigenvalue weighted by atomic mass is 31.1. The van der Waals surface area contributed by atoms with E-state index in [1.807, 2.05) is 0 Å². The molecule has 0 saturated heterocycles. The summed E-state index contributed by atoms with van der Waals surface area (Å²) >= 11 is 0. The molecule has 0 atom stereocenters. The van der Waals surface area contributed by atoms with Gasteiger partial charge in [0.1, 0.15) is 0 Å². The van der Waals surface area contributed by atoms with Crippen molar-refractivity contribution in [1.82, 2.24) is 0 Å². The summed E-state index contributed by atoms with van der Waals surface area (Å²) in [6.45, 7) is -1.21. The fourth-order valence-electron chi connectivity index (χ4n) is 1.25. The normalized spacial score (nSPS) is 10.9. The Bertz CT molecular complexity index is 337. The van der Waals surface area contributed by atoms with Crippen LogP contribution in [0, 0.1) is 0 Å². The third-order valence-electron chi connectivity index (χ3n) is 2.87. The maximum atomic E-state index is 10.4. The fourth-order valence-corrected chi connectivity index (χ4v) is 3.44. The first-order valence-electron chi connectivity index (χ1n) is 7.09. The van der Waals surface area contributed by atoms with Crippen molar-refractivity contribution in [1.29, 1.82) is 0 Å². The lowest BCUT2D eigenvalue weighted by molar-refractivity contribution is -0.137. The first kappa shape index (κ1) is 24.9. The number of aliphatic hydroxyl groups excluding tert-OH is 3. The molecule has 0 aromatic rings. The number of aliphatic carboxylic acids is 3. The number of carboxylic acid groups (broad SMARTS) is 3. The number of nitrogens with two attached hydrogens (primary N) is 1. The number of rotatable bonds is 12. The van der Waals surface area contributed by atoms with Crippen LogP contribution >= 0.6 is 7.92 Å². The number of aliphatic hydroxyl groups is 3. The zero-order valence-corrected chi connectivity index (χ0v) is 14.2. The fraction of sp³-hybridized carbons (Fsp3) is 0.769. The predicted octanol–water partition coefficient (Wildman–Crippen LogP) is -1.45. The van der Waals surface area contributed by atoms with Gasteiger partial charge in [0.25, 0.3) is 0 Å². The van der Waals surface area contributed by atoms with E-state index in [1.165, 1.54) is 0 Å². The molecular weight excluding hydrogens is 345 g/mol. The highest BCUT2D eigenvalue weighted by Crippen LogP contribution is 2.37. The van der Waals surface area contributed by atoms with Gasteiger partial charge in [-0.15, -0.1) is 7.92 Å². The molecule has 8 N–H and O–H groups in total. The van der Waals surface area contributed by atoms with Gasteiger partial charge in [0.15, 0.2) is 0 Å². The van der Waals surface area contributed by atoms with Gasteiger partial charge in [-0.25, -0.2) is 0 Å². The average Bonchev–Trinajstić information content (AvgIpc) is 2.53. The Morgan fingerprint density at radius 1 is 0.708 bits per heavy atom. The van der Waals surface area contributed by atoms with E-state index in [1.54, 1.807) is 0 Å². The summed E-state index contributed by atoms with van der Waals surface area (Å²) in [7, 11) is -0.801. The topological polar surface area (TPSA) is 199 Å². The van der Waals surface area contributed by atoms with Crippen LogP contribution in [-0.2, 0) is 14.4 Å². The van der Waals surface area contributed by atoms with Crippen molar-refractivity contribution in [3.63, 3.8) is 0 Å². The summed E-state index contributed by atoms with van der Waals surface area (Å²) in [5, 5.41) is 50.5. The van der Waals surface area contributed by atoms with E-state index in [2.05, 4.69) is 0 Å². The third kappa shape index (κ3) is 15.6. The first-order valence-corrected chi connectivity index (χ1v) is 8.99. The van der Waals surface area contributed by atoms with Gasteiger partial charge >= 0.3 is 17.9 Å². The van der Waals surface area contributed by atoms with Crippen molar-refractivity contribution in [3.8, 4) is 0 Å². The van der Waals surface area contributed by atoms with E-state index in [4.69, 9.17) is 36.4 Å². The van der Waals surface area contributed by atoms with Crippen LogP contribution < -0.4 is 5.73 Å². The molecule has 142 valence electrons. The van der Waals surface area contributed by atoms with E-state index in [9.17, 15) is 14.4 Å². The second-order valence-electron chi connectivity index (χ2n) is 5.11. The number of hydrogen-bond donors (Lipinski definition) is 7. The Morgan fingerprint density at radius 2 is 0.958 bits per heavy atom. The molecule has 0 radical (unpaired) electrons. The molecule has 0 aromatic heterocycles. The number of hydrogen-bond acceptors (Lipinski definition) is 7. The van der Waals surface area contributed by atoms with Gasteiger partial charge in [-0.1, -0.05) is 0 Å². The SMILES string of the molecule is NC(CO)(CO)CO.O=C(O)CCP(CCC(=O)O)CCC(=O)O. The molecule has 0 aliphatic carbocycles. The van der Waals surface area contributed by atoms with E-state index in [0.29, 0.717) is 18.5 Å². The molecule has 0 heterocycles. The zero-order valence-electron chi connectivity index (χ0n) is 13.3. The molecule has 11 heteroatoms. The molecule has 0 rings (SSSR count). The lowest BCUT2D eigenvalue weighted by atomic mass is 10.1. The van der Waals surface area contributed by atoms with Gasteiger partial charge in [-0.3, -0.25) is 14.4 Å². The number of carbonyl (C=O) groups is 3. The largest absolute Gasteiger partial charge is 0.481 e. The molecule has 24 heavy (non-hydrogen) atoms. The third-order valence-corrected chi connectivity index (χ3v) is 5.44. The highest BCUT2D eigenvalue weighted by molar-refractivity contribution is 7.57. The van der Waals surface area contributed by atoms with Gasteiger partial charge in [-0.2, -0.15) is 0 Å². The van der Waals surface area contributed by atoms with E-state index < -0.39 is 51.2 Å². The Balaban J connectivity index is 0. The average molecular weight is 371 g/mol. The smallest absolute Gasteiger partial charge is 0.303 e. The molecule has 0 saturated carbocycles. The minimum absolute atomic E-state index is 0.0229. The van der Waals surface area contributed by atoms with Crippen molar-refractivity contribution in [2.75, 3.05) is 38.3 Å². The van der Waals surface area contributed by atoms with E-state index in [0.717, 1.165) is 0 Å². The summed E-state index contributed by atoms with van der Waals surface area (Å²) in [5.41, 5.74) is 3.94. The van der Waals surface area contributed by atoms with Crippen LogP contribution in [0.4, 0.5) is 0 Å². The van der Waals surface area contributed by atoms with Crippen molar-refractivity contribution in [2.24, 2.45) is 5.73 Å². The molecule has 0 aliphatic rings. The molecular formula is C13H26NO9P. The predicted molar refractivity (Wildman–Crippen MR) is 86.5 cm³/mol. The Morgan fingerprint density at radius 3 is 1.08 bits per heavy atom. The summed E-state index contributed by atoms with van der Waals surface area (Å²) in [6.07, 6.45) is 1.11. The molecule has 0 spiro atoms. The van der Waals surface area contributed by atoms with E-state index in [-0.39, 0.29) is 19.3 Å². The van der Waals surface area contributed by atoms with Gasteiger partial charge < -0.3 is 36.4 Å². The highest BCUT2D eigenvalue weighted by Gasteiger charge is 2.20. The van der Waals surface area contributed by atoms with Crippen molar-refractivity contribution in [2.45, 2.75) is 24.8 Å². The van der Waals surface area contributed by atoms with Crippen LogP contribution in [0.5, 0.6) is 0 Å². The second-order valence-corrected chi connectivity index (χ2v) is 7.79. The minimum Gasteiger partial charge on any atom is -0.481 e. The van der Waals surface area contributed by atoms with Crippen LogP contribution in [0.15, 0.2) is 0 Å². The van der Waals surface area contributed by atoms with Crippen molar-refractivity contribution in [3.05, 3.63) is 0 Å². The van der Waals surface area contributed by atoms with Gasteiger partial charge in [0.2, 0.25) is 0 Å².